The Morgan fingerprint density at radius 3 is 2.45 bits per heavy atom. The molecule has 0 unspecified atom stereocenters. The maximum Gasteiger partial charge on any atom is 0.387 e. The van der Waals surface area contributed by atoms with Crippen LogP contribution in [0, 0.1) is 13.8 Å². The van der Waals surface area contributed by atoms with E-state index in [1.54, 1.807) is 24.6 Å². The molecule has 3 aromatic rings. The van der Waals surface area contributed by atoms with Gasteiger partial charge in [0.25, 0.3) is 5.91 Å². The third kappa shape index (κ3) is 5.65. The van der Waals surface area contributed by atoms with Crippen LogP contribution in [0.2, 0.25) is 0 Å². The lowest BCUT2D eigenvalue weighted by atomic mass is 10.2. The number of hydrogen-bond donors (Lipinski definition) is 1. The summed E-state index contributed by atoms with van der Waals surface area (Å²) in [6.45, 7) is 0.294. The van der Waals surface area contributed by atoms with E-state index in [2.05, 4.69) is 15.2 Å². The highest BCUT2D eigenvalue weighted by Gasteiger charge is 2.21. The molecule has 0 fully saturated rings. The number of carbonyl (C=O) groups excluding carboxylic acids is 2. The third-order valence-electron chi connectivity index (χ3n) is 4.47. The second kappa shape index (κ2) is 9.84. The summed E-state index contributed by atoms with van der Waals surface area (Å²) in [4.78, 5) is 24.7. The van der Waals surface area contributed by atoms with E-state index in [1.807, 2.05) is 30.3 Å². The van der Waals surface area contributed by atoms with Crippen molar-refractivity contribution in [3.8, 4) is 5.75 Å². The molecule has 0 saturated carbocycles. The van der Waals surface area contributed by atoms with Crippen LogP contribution in [0.25, 0.3) is 0 Å². The molecule has 2 aromatic carbocycles. The molecule has 1 heterocycles. The highest BCUT2D eigenvalue weighted by Crippen LogP contribution is 2.25. The molecule has 7 nitrogen and oxygen atoms in total. The number of halogens is 2. The Morgan fingerprint density at radius 1 is 1.06 bits per heavy atom. The number of aromatic nitrogens is 2. The first kappa shape index (κ1) is 21.9. The topological polar surface area (TPSA) is 82.5 Å². The van der Waals surface area contributed by atoms with Crippen molar-refractivity contribution in [2.75, 3.05) is 11.9 Å². The zero-order valence-corrected chi connectivity index (χ0v) is 17.0. The Labute approximate surface area is 177 Å². The van der Waals surface area contributed by atoms with Gasteiger partial charge in [0.2, 0.25) is 0 Å². The summed E-state index contributed by atoms with van der Waals surface area (Å²) < 4.78 is 36.1. The van der Waals surface area contributed by atoms with Crippen molar-refractivity contribution >= 4 is 17.6 Å². The van der Waals surface area contributed by atoms with Gasteiger partial charge in [0.1, 0.15) is 11.3 Å². The summed E-state index contributed by atoms with van der Waals surface area (Å²) in [5, 5.41) is 6.78. The number of benzene rings is 2. The summed E-state index contributed by atoms with van der Waals surface area (Å²) >= 11 is 0. The maximum absolute atomic E-state index is 12.5. The number of nitrogens with one attached hydrogen (secondary N) is 1. The number of ether oxygens (including phenoxy) is 2. The van der Waals surface area contributed by atoms with Crippen LogP contribution in [0.5, 0.6) is 5.75 Å². The molecule has 1 aromatic heterocycles. The largest absolute Gasteiger partial charge is 0.452 e. The van der Waals surface area contributed by atoms with Gasteiger partial charge in [0.05, 0.1) is 23.6 Å². The quantitative estimate of drug-likeness (QED) is 0.549. The average molecular weight is 429 g/mol. The van der Waals surface area contributed by atoms with E-state index in [0.29, 0.717) is 17.9 Å². The van der Waals surface area contributed by atoms with Crippen molar-refractivity contribution in [1.82, 2.24) is 9.78 Å². The molecule has 162 valence electrons. The van der Waals surface area contributed by atoms with Gasteiger partial charge in [-0.2, -0.15) is 13.9 Å². The van der Waals surface area contributed by atoms with Crippen LogP contribution < -0.4 is 10.1 Å². The van der Waals surface area contributed by atoms with Crippen LogP contribution in [0.15, 0.2) is 54.6 Å². The molecule has 0 aliphatic rings. The zero-order valence-electron chi connectivity index (χ0n) is 17.0. The lowest BCUT2D eigenvalue weighted by Gasteiger charge is -2.12. The lowest BCUT2D eigenvalue weighted by molar-refractivity contribution is -0.119. The molecule has 0 bridgehead atoms. The molecule has 1 amide bonds. The molecule has 3 rings (SSSR count). The van der Waals surface area contributed by atoms with Crippen molar-refractivity contribution in [3.05, 3.63) is 77.1 Å². The fourth-order valence-corrected chi connectivity index (χ4v) is 3.06. The minimum atomic E-state index is -3.03. The van der Waals surface area contributed by atoms with Crippen LogP contribution in [0.4, 0.5) is 14.5 Å². The molecule has 0 saturated heterocycles. The van der Waals surface area contributed by atoms with Gasteiger partial charge >= 0.3 is 12.6 Å². The van der Waals surface area contributed by atoms with Gasteiger partial charge in [0, 0.05) is 0 Å². The zero-order chi connectivity index (χ0) is 22.4. The molecule has 0 aliphatic carbocycles. The first-order chi connectivity index (χ1) is 14.8. The molecule has 0 atom stereocenters. The number of esters is 1. The number of nitrogens with zero attached hydrogens (tertiary/aromatic N) is 2. The van der Waals surface area contributed by atoms with E-state index < -0.39 is 25.1 Å². The Bertz CT molecular complexity index is 1070. The first-order valence-corrected chi connectivity index (χ1v) is 9.44. The number of anilines is 1. The standard InChI is InChI=1S/C22H21F2N3O4/c1-14-20(15(2)27(26-14)12-16-8-4-3-5-9-16)21(29)30-13-19(28)25-17-10-6-7-11-18(17)31-22(23)24/h3-11,22H,12-13H2,1-2H3,(H,25,28). The fraction of sp³-hybridized carbons (Fsp3) is 0.227. The first-order valence-electron chi connectivity index (χ1n) is 9.44. The Balaban J connectivity index is 1.63. The van der Waals surface area contributed by atoms with Crippen LogP contribution in [0.1, 0.15) is 27.3 Å². The van der Waals surface area contributed by atoms with E-state index in [1.165, 1.54) is 18.2 Å². The van der Waals surface area contributed by atoms with E-state index in [0.717, 1.165) is 5.56 Å². The van der Waals surface area contributed by atoms with Crippen LogP contribution in [-0.4, -0.2) is 34.9 Å². The van der Waals surface area contributed by atoms with Gasteiger partial charge in [-0.05, 0) is 31.5 Å². The predicted octanol–water partition coefficient (Wildman–Crippen LogP) is 3.95. The van der Waals surface area contributed by atoms with Crippen LogP contribution in [0.3, 0.4) is 0 Å². The van der Waals surface area contributed by atoms with Crippen molar-refractivity contribution in [2.24, 2.45) is 0 Å². The number of carbonyl (C=O) groups is 2. The van der Waals surface area contributed by atoms with Crippen molar-refractivity contribution < 1.29 is 27.8 Å². The van der Waals surface area contributed by atoms with Crippen molar-refractivity contribution in [3.63, 3.8) is 0 Å². The number of rotatable bonds is 8. The summed E-state index contributed by atoms with van der Waals surface area (Å²) in [6.07, 6.45) is 0. The minimum absolute atomic E-state index is 0.0480. The van der Waals surface area contributed by atoms with Crippen LogP contribution in [-0.2, 0) is 16.1 Å². The van der Waals surface area contributed by atoms with Gasteiger partial charge in [-0.25, -0.2) is 4.79 Å². The van der Waals surface area contributed by atoms with E-state index in [-0.39, 0.29) is 17.0 Å². The minimum Gasteiger partial charge on any atom is -0.452 e. The van der Waals surface area contributed by atoms with Gasteiger partial charge in [0.15, 0.2) is 6.61 Å². The van der Waals surface area contributed by atoms with E-state index in [4.69, 9.17) is 4.74 Å². The SMILES string of the molecule is Cc1nn(Cc2ccccc2)c(C)c1C(=O)OCC(=O)Nc1ccccc1OC(F)F. The summed E-state index contributed by atoms with van der Waals surface area (Å²) in [6, 6.07) is 15.4. The predicted molar refractivity (Wildman–Crippen MR) is 109 cm³/mol. The molecule has 0 aliphatic heterocycles. The highest BCUT2D eigenvalue weighted by atomic mass is 19.3. The summed E-state index contributed by atoms with van der Waals surface area (Å²) in [5.41, 5.74) is 2.45. The number of amides is 1. The fourth-order valence-electron chi connectivity index (χ4n) is 3.06. The maximum atomic E-state index is 12.5. The molecule has 31 heavy (non-hydrogen) atoms. The average Bonchev–Trinajstić information content (AvgIpc) is 3.01. The molecule has 0 radical (unpaired) electrons. The number of hydrogen-bond acceptors (Lipinski definition) is 5. The third-order valence-corrected chi connectivity index (χ3v) is 4.47. The molecular formula is C22H21F2N3O4. The van der Waals surface area contributed by atoms with Crippen LogP contribution >= 0.6 is 0 Å². The van der Waals surface area contributed by atoms with Gasteiger partial charge in [-0.15, -0.1) is 0 Å². The van der Waals surface area contributed by atoms with Gasteiger partial charge in [-0.3, -0.25) is 9.48 Å². The lowest BCUT2D eigenvalue weighted by Crippen LogP contribution is -2.22. The molecule has 0 spiro atoms. The molecule has 9 heteroatoms. The Morgan fingerprint density at radius 2 is 1.74 bits per heavy atom. The molecular weight excluding hydrogens is 408 g/mol. The van der Waals surface area contributed by atoms with Gasteiger partial charge in [-0.1, -0.05) is 42.5 Å². The smallest absolute Gasteiger partial charge is 0.387 e. The number of alkyl halides is 2. The van der Waals surface area contributed by atoms with Crippen molar-refractivity contribution in [2.45, 2.75) is 27.0 Å². The number of para-hydroxylation sites is 2. The second-order valence-corrected chi connectivity index (χ2v) is 6.69. The summed E-state index contributed by atoms with van der Waals surface area (Å²) in [5.74, 6) is -1.57. The second-order valence-electron chi connectivity index (χ2n) is 6.69. The van der Waals surface area contributed by atoms with Gasteiger partial charge < -0.3 is 14.8 Å². The highest BCUT2D eigenvalue weighted by molar-refractivity contribution is 5.97. The number of aryl methyl sites for hydroxylation is 1. The Kier molecular flexibility index (Phi) is 6.96. The molecule has 1 N–H and O–H groups in total. The van der Waals surface area contributed by atoms with E-state index >= 15 is 0 Å². The monoisotopic (exact) mass is 429 g/mol. The normalized spacial score (nSPS) is 10.7. The Hall–Kier alpha value is -3.75. The summed E-state index contributed by atoms with van der Waals surface area (Å²) in [7, 11) is 0. The van der Waals surface area contributed by atoms with Crippen molar-refractivity contribution in [1.29, 1.82) is 0 Å². The van der Waals surface area contributed by atoms with E-state index in [9.17, 15) is 18.4 Å².